The van der Waals surface area contributed by atoms with Crippen molar-refractivity contribution in [2.45, 2.75) is 38.3 Å². The average molecular weight is 268 g/mol. The monoisotopic (exact) mass is 267 g/mol. The van der Waals surface area contributed by atoms with E-state index in [-0.39, 0.29) is 18.1 Å². The number of carbonyl (C=O) groups is 1. The van der Waals surface area contributed by atoms with Gasteiger partial charge in [-0.25, -0.2) is 0 Å². The maximum Gasteiger partial charge on any atom is 0.224 e. The molecule has 2 rings (SSSR count). The number of amides is 1. The molecule has 18 heavy (non-hydrogen) atoms. The Morgan fingerprint density at radius 2 is 2.33 bits per heavy atom. The lowest BCUT2D eigenvalue weighted by molar-refractivity contribution is -0.121. The second-order valence-electron chi connectivity index (χ2n) is 4.68. The van der Waals surface area contributed by atoms with Gasteiger partial charge in [-0.1, -0.05) is 29.8 Å². The smallest absolute Gasteiger partial charge is 0.224 e. The van der Waals surface area contributed by atoms with Gasteiger partial charge >= 0.3 is 0 Å². The Balaban J connectivity index is 1.86. The zero-order valence-corrected chi connectivity index (χ0v) is 11.2. The third kappa shape index (κ3) is 3.47. The van der Waals surface area contributed by atoms with E-state index in [1.54, 1.807) is 6.07 Å². The number of hydrogen-bond donors (Lipinski definition) is 1. The van der Waals surface area contributed by atoms with Crippen LogP contribution in [0, 0.1) is 0 Å². The van der Waals surface area contributed by atoms with E-state index in [1.165, 1.54) is 0 Å². The molecule has 0 aliphatic carbocycles. The van der Waals surface area contributed by atoms with Crippen molar-refractivity contribution in [3.8, 4) is 0 Å². The summed E-state index contributed by atoms with van der Waals surface area (Å²) in [5.74, 6) is -0.00824. The van der Waals surface area contributed by atoms with Crippen molar-refractivity contribution in [1.82, 2.24) is 5.32 Å². The lowest BCUT2D eigenvalue weighted by Crippen LogP contribution is -2.41. The van der Waals surface area contributed by atoms with E-state index in [4.69, 9.17) is 16.3 Å². The van der Waals surface area contributed by atoms with Crippen LogP contribution in [0.3, 0.4) is 0 Å². The fraction of sp³-hybridized carbons (Fsp3) is 0.500. The van der Waals surface area contributed by atoms with Crippen LogP contribution >= 0.6 is 11.6 Å². The van der Waals surface area contributed by atoms with Crippen molar-refractivity contribution >= 4 is 17.5 Å². The number of benzene rings is 1. The summed E-state index contributed by atoms with van der Waals surface area (Å²) in [5.41, 5.74) is 0.858. The van der Waals surface area contributed by atoms with Crippen molar-refractivity contribution in [2.75, 3.05) is 6.61 Å². The van der Waals surface area contributed by atoms with Gasteiger partial charge in [0.25, 0.3) is 0 Å². The highest BCUT2D eigenvalue weighted by Gasteiger charge is 2.23. The molecule has 0 bridgehead atoms. The van der Waals surface area contributed by atoms with Crippen LogP contribution < -0.4 is 5.32 Å². The quantitative estimate of drug-likeness (QED) is 0.911. The summed E-state index contributed by atoms with van der Waals surface area (Å²) >= 11 is 6.03. The van der Waals surface area contributed by atoms with Crippen molar-refractivity contribution in [1.29, 1.82) is 0 Å². The first-order valence-electron chi connectivity index (χ1n) is 6.31. The molecule has 98 valence electrons. The maximum absolute atomic E-state index is 11.9. The second kappa shape index (κ2) is 6.21. The van der Waals surface area contributed by atoms with Crippen molar-refractivity contribution in [2.24, 2.45) is 0 Å². The minimum Gasteiger partial charge on any atom is -0.376 e. The van der Waals surface area contributed by atoms with E-state index in [0.29, 0.717) is 11.4 Å². The predicted octanol–water partition coefficient (Wildman–Crippen LogP) is 2.57. The minimum atomic E-state index is -0.00824. The Labute approximate surface area is 112 Å². The van der Waals surface area contributed by atoms with Crippen LogP contribution in [0.15, 0.2) is 24.3 Å². The first-order chi connectivity index (χ1) is 8.66. The zero-order valence-electron chi connectivity index (χ0n) is 10.5. The number of rotatable bonds is 4. The van der Waals surface area contributed by atoms with Crippen LogP contribution in [0.1, 0.15) is 25.3 Å². The predicted molar refractivity (Wildman–Crippen MR) is 71.7 cm³/mol. The highest BCUT2D eigenvalue weighted by atomic mass is 35.5. The van der Waals surface area contributed by atoms with Crippen LogP contribution in [0.4, 0.5) is 0 Å². The van der Waals surface area contributed by atoms with Gasteiger partial charge in [0, 0.05) is 11.6 Å². The normalized spacial score (nSPS) is 20.7. The van der Waals surface area contributed by atoms with Crippen molar-refractivity contribution in [3.63, 3.8) is 0 Å². The van der Waals surface area contributed by atoms with E-state index < -0.39 is 0 Å². The van der Waals surface area contributed by atoms with Crippen LogP contribution in [0.2, 0.25) is 5.02 Å². The molecule has 0 aromatic heterocycles. The molecule has 1 amide bonds. The van der Waals surface area contributed by atoms with Gasteiger partial charge in [-0.3, -0.25) is 4.79 Å². The van der Waals surface area contributed by atoms with Crippen molar-refractivity contribution < 1.29 is 9.53 Å². The van der Waals surface area contributed by atoms with Crippen LogP contribution in [0.25, 0.3) is 0 Å². The standard InChI is InChI=1S/C14H18ClNO2/c1-10(13-7-4-8-18-13)16-14(17)9-11-5-2-3-6-12(11)15/h2-3,5-6,10,13H,4,7-9H2,1H3,(H,16,17)/t10-,13-/m1/s1. The van der Waals surface area contributed by atoms with Gasteiger partial charge in [-0.15, -0.1) is 0 Å². The molecular weight excluding hydrogens is 250 g/mol. The highest BCUT2D eigenvalue weighted by Crippen LogP contribution is 2.17. The summed E-state index contributed by atoms with van der Waals surface area (Å²) in [6.45, 7) is 2.79. The number of halogens is 1. The Bertz CT molecular complexity index is 416. The third-order valence-electron chi connectivity index (χ3n) is 3.22. The lowest BCUT2D eigenvalue weighted by Gasteiger charge is -2.20. The molecule has 0 spiro atoms. The summed E-state index contributed by atoms with van der Waals surface area (Å²) < 4.78 is 5.55. The lowest BCUT2D eigenvalue weighted by atomic mass is 10.1. The van der Waals surface area contributed by atoms with Gasteiger partial charge in [0.05, 0.1) is 18.6 Å². The van der Waals surface area contributed by atoms with Gasteiger partial charge in [0.1, 0.15) is 0 Å². The number of nitrogens with one attached hydrogen (secondary N) is 1. The Hall–Kier alpha value is -1.06. The van der Waals surface area contributed by atoms with E-state index in [0.717, 1.165) is 25.0 Å². The summed E-state index contributed by atoms with van der Waals surface area (Å²) in [6, 6.07) is 7.48. The molecule has 4 heteroatoms. The molecule has 0 saturated carbocycles. The van der Waals surface area contributed by atoms with Crippen LogP contribution in [0.5, 0.6) is 0 Å². The molecule has 3 nitrogen and oxygen atoms in total. The summed E-state index contributed by atoms with van der Waals surface area (Å²) in [4.78, 5) is 11.9. The number of carbonyl (C=O) groups excluding carboxylic acids is 1. The molecule has 1 saturated heterocycles. The molecule has 1 heterocycles. The molecular formula is C14H18ClNO2. The molecule has 1 aromatic rings. The molecule has 0 radical (unpaired) electrons. The fourth-order valence-electron chi connectivity index (χ4n) is 2.21. The fourth-order valence-corrected chi connectivity index (χ4v) is 2.41. The molecule has 1 aliphatic heterocycles. The number of hydrogen-bond acceptors (Lipinski definition) is 2. The van der Waals surface area contributed by atoms with Gasteiger partial charge in [0.2, 0.25) is 5.91 Å². The van der Waals surface area contributed by atoms with Crippen LogP contribution in [-0.4, -0.2) is 24.7 Å². The zero-order chi connectivity index (χ0) is 13.0. The largest absolute Gasteiger partial charge is 0.376 e. The SMILES string of the molecule is C[C@@H](NC(=O)Cc1ccccc1Cl)[C@H]1CCCO1. The van der Waals surface area contributed by atoms with E-state index >= 15 is 0 Å². The first kappa shape index (κ1) is 13.4. The Morgan fingerprint density at radius 3 is 3.00 bits per heavy atom. The topological polar surface area (TPSA) is 38.3 Å². The van der Waals surface area contributed by atoms with E-state index in [1.807, 2.05) is 25.1 Å². The molecule has 0 unspecified atom stereocenters. The second-order valence-corrected chi connectivity index (χ2v) is 5.08. The highest BCUT2D eigenvalue weighted by molar-refractivity contribution is 6.31. The average Bonchev–Trinajstić information content (AvgIpc) is 2.85. The Morgan fingerprint density at radius 1 is 1.56 bits per heavy atom. The molecule has 1 N–H and O–H groups in total. The van der Waals surface area contributed by atoms with Crippen molar-refractivity contribution in [3.05, 3.63) is 34.9 Å². The molecule has 1 fully saturated rings. The van der Waals surface area contributed by atoms with Gasteiger partial charge in [0.15, 0.2) is 0 Å². The summed E-state index contributed by atoms with van der Waals surface area (Å²) in [6.07, 6.45) is 2.57. The number of ether oxygens (including phenoxy) is 1. The maximum atomic E-state index is 11.9. The first-order valence-corrected chi connectivity index (χ1v) is 6.69. The van der Waals surface area contributed by atoms with E-state index in [9.17, 15) is 4.79 Å². The molecule has 1 aliphatic rings. The summed E-state index contributed by atoms with van der Waals surface area (Å²) in [5, 5.41) is 3.61. The summed E-state index contributed by atoms with van der Waals surface area (Å²) in [7, 11) is 0. The third-order valence-corrected chi connectivity index (χ3v) is 3.59. The Kier molecular flexibility index (Phi) is 4.61. The van der Waals surface area contributed by atoms with E-state index in [2.05, 4.69) is 5.32 Å². The minimum absolute atomic E-state index is 0.00824. The molecule has 2 atom stereocenters. The van der Waals surface area contributed by atoms with Gasteiger partial charge < -0.3 is 10.1 Å². The van der Waals surface area contributed by atoms with Gasteiger partial charge in [-0.05, 0) is 31.4 Å². The molecule has 1 aromatic carbocycles. The van der Waals surface area contributed by atoms with Gasteiger partial charge in [-0.2, -0.15) is 0 Å². The van der Waals surface area contributed by atoms with Crippen LogP contribution in [-0.2, 0) is 16.0 Å².